The maximum atomic E-state index is 13.0. The summed E-state index contributed by atoms with van der Waals surface area (Å²) in [5.41, 5.74) is 0. The van der Waals surface area contributed by atoms with Crippen LogP contribution in [0.15, 0.2) is 109 Å². The lowest BCUT2D eigenvalue weighted by molar-refractivity contribution is -0.161. The number of aliphatic hydroxyl groups excluding tert-OH is 1. The van der Waals surface area contributed by atoms with E-state index in [0.717, 1.165) is 148 Å². The van der Waals surface area contributed by atoms with Crippen LogP contribution in [-0.2, 0) is 65.4 Å². The van der Waals surface area contributed by atoms with E-state index in [1.807, 2.05) is 18.2 Å². The maximum Gasteiger partial charge on any atom is 0.472 e. The number of esters is 4. The first-order valence-electron chi connectivity index (χ1n) is 37.1. The van der Waals surface area contributed by atoms with Gasteiger partial charge in [0.1, 0.15) is 19.3 Å². The fourth-order valence-electron chi connectivity index (χ4n) is 9.56. The molecule has 17 nitrogen and oxygen atoms in total. The Labute approximate surface area is 581 Å². The van der Waals surface area contributed by atoms with E-state index in [0.29, 0.717) is 32.1 Å². The summed E-state index contributed by atoms with van der Waals surface area (Å²) in [5, 5.41) is 10.6. The Hall–Kier alpha value is -4.28. The molecule has 0 aliphatic rings. The van der Waals surface area contributed by atoms with Crippen LogP contribution in [0.2, 0.25) is 0 Å². The maximum absolute atomic E-state index is 13.0. The second-order valence-electron chi connectivity index (χ2n) is 24.5. The van der Waals surface area contributed by atoms with E-state index in [-0.39, 0.29) is 25.7 Å². The normalized spacial score (nSPS) is 14.6. The van der Waals surface area contributed by atoms with Gasteiger partial charge in [0.05, 0.1) is 26.4 Å². The first-order valence-corrected chi connectivity index (χ1v) is 40.1. The molecule has 0 heterocycles. The van der Waals surface area contributed by atoms with E-state index in [4.69, 9.17) is 37.0 Å². The van der Waals surface area contributed by atoms with Gasteiger partial charge in [-0.1, -0.05) is 272 Å². The molecule has 0 saturated carbocycles. The van der Waals surface area contributed by atoms with Crippen LogP contribution in [0.1, 0.15) is 297 Å². The Morgan fingerprint density at radius 1 is 0.302 bits per heavy atom. The highest BCUT2D eigenvalue weighted by Gasteiger charge is 2.30. The fourth-order valence-corrected chi connectivity index (χ4v) is 11.1. The van der Waals surface area contributed by atoms with Crippen LogP contribution in [0, 0.1) is 0 Å². The zero-order valence-electron chi connectivity index (χ0n) is 60.0. The van der Waals surface area contributed by atoms with Crippen molar-refractivity contribution < 1.29 is 80.2 Å². The summed E-state index contributed by atoms with van der Waals surface area (Å²) >= 11 is 0. The zero-order valence-corrected chi connectivity index (χ0v) is 61.8. The molecule has 5 atom stereocenters. The summed E-state index contributed by atoms with van der Waals surface area (Å²) in [6.45, 7) is 4.54. The van der Waals surface area contributed by atoms with Crippen molar-refractivity contribution in [2.75, 3.05) is 39.6 Å². The highest BCUT2D eigenvalue weighted by molar-refractivity contribution is 7.47. The SMILES string of the molecule is CC/C=C\C/C=C\C/C=C\C/C=C\C/C=C\C/C=C\CCC(=O)OCC(COP(=O)(O)OCC(O)COP(=O)(O)OCC(COC(=O)CCCCCCC/C=C\C/C=C\CCC)OC(=O)CCCCCCCCCCCCCCC)OC(=O)CCCCCCC/C=C\CCCC. The molecule has 0 rings (SSSR count). The summed E-state index contributed by atoms with van der Waals surface area (Å²) in [6.07, 6.45) is 72.5. The van der Waals surface area contributed by atoms with E-state index in [2.05, 4.69) is 119 Å². The van der Waals surface area contributed by atoms with Gasteiger partial charge in [0.2, 0.25) is 0 Å². The van der Waals surface area contributed by atoms with Gasteiger partial charge in [0.25, 0.3) is 0 Å². The van der Waals surface area contributed by atoms with Crippen molar-refractivity contribution in [3.05, 3.63) is 109 Å². The Morgan fingerprint density at radius 2 is 0.594 bits per heavy atom. The monoisotopic (exact) mass is 1390 g/mol. The Bertz CT molecular complexity index is 2250. The largest absolute Gasteiger partial charge is 0.472 e. The molecule has 0 amide bonds. The predicted molar refractivity (Wildman–Crippen MR) is 390 cm³/mol. The van der Waals surface area contributed by atoms with Crippen molar-refractivity contribution in [2.24, 2.45) is 0 Å². The van der Waals surface area contributed by atoms with Crippen LogP contribution in [0.4, 0.5) is 0 Å². The number of phosphoric acid groups is 2. The van der Waals surface area contributed by atoms with E-state index in [1.54, 1.807) is 0 Å². The van der Waals surface area contributed by atoms with Crippen molar-refractivity contribution in [1.29, 1.82) is 0 Å². The van der Waals surface area contributed by atoms with Crippen LogP contribution in [-0.4, -0.2) is 96.7 Å². The van der Waals surface area contributed by atoms with Crippen molar-refractivity contribution in [1.82, 2.24) is 0 Å². The van der Waals surface area contributed by atoms with E-state index in [1.165, 1.54) is 64.2 Å². The average molecular weight is 1390 g/mol. The molecular formula is C77H132O17P2. The molecule has 0 aromatic carbocycles. The van der Waals surface area contributed by atoms with Gasteiger partial charge in [-0.3, -0.25) is 37.3 Å². The number of unbranched alkanes of at least 4 members (excludes halogenated alkanes) is 25. The van der Waals surface area contributed by atoms with Crippen molar-refractivity contribution in [3.8, 4) is 0 Å². The molecule has 0 aliphatic heterocycles. The number of phosphoric ester groups is 2. The molecule has 0 spiro atoms. The summed E-state index contributed by atoms with van der Waals surface area (Å²) in [5.74, 6) is -2.29. The van der Waals surface area contributed by atoms with Crippen molar-refractivity contribution in [2.45, 2.75) is 316 Å². The van der Waals surface area contributed by atoms with Gasteiger partial charge >= 0.3 is 39.5 Å². The molecule has 3 N–H and O–H groups in total. The molecule has 5 unspecified atom stereocenters. The van der Waals surface area contributed by atoms with Crippen LogP contribution >= 0.6 is 15.6 Å². The lowest BCUT2D eigenvalue weighted by Gasteiger charge is -2.21. The summed E-state index contributed by atoms with van der Waals surface area (Å²) in [4.78, 5) is 72.6. The summed E-state index contributed by atoms with van der Waals surface area (Å²) in [7, 11) is -9.96. The minimum Gasteiger partial charge on any atom is -0.462 e. The summed E-state index contributed by atoms with van der Waals surface area (Å²) in [6, 6.07) is 0. The highest BCUT2D eigenvalue weighted by Crippen LogP contribution is 2.45. The Morgan fingerprint density at radius 3 is 0.979 bits per heavy atom. The minimum absolute atomic E-state index is 0.0337. The number of aliphatic hydroxyl groups is 1. The van der Waals surface area contributed by atoms with E-state index < -0.39 is 97.5 Å². The van der Waals surface area contributed by atoms with Gasteiger partial charge in [-0.25, -0.2) is 9.13 Å². The number of rotatable bonds is 69. The first-order chi connectivity index (χ1) is 46.7. The van der Waals surface area contributed by atoms with Crippen LogP contribution < -0.4 is 0 Å². The molecule has 0 saturated heterocycles. The topological polar surface area (TPSA) is 237 Å². The van der Waals surface area contributed by atoms with Crippen LogP contribution in [0.25, 0.3) is 0 Å². The molecule has 0 bridgehead atoms. The van der Waals surface area contributed by atoms with Gasteiger partial charge in [0, 0.05) is 25.7 Å². The summed E-state index contributed by atoms with van der Waals surface area (Å²) < 4.78 is 68.2. The van der Waals surface area contributed by atoms with E-state index in [9.17, 15) is 43.2 Å². The third-order valence-corrected chi connectivity index (χ3v) is 17.1. The lowest BCUT2D eigenvalue weighted by atomic mass is 10.0. The highest BCUT2D eigenvalue weighted by atomic mass is 31.2. The number of carbonyl (C=O) groups is 4. The van der Waals surface area contributed by atoms with Crippen molar-refractivity contribution in [3.63, 3.8) is 0 Å². The quantitative estimate of drug-likeness (QED) is 0.0169. The number of ether oxygens (including phenoxy) is 4. The van der Waals surface area contributed by atoms with Gasteiger partial charge in [-0.2, -0.15) is 0 Å². The second kappa shape index (κ2) is 69.2. The van der Waals surface area contributed by atoms with Gasteiger partial charge in [0.15, 0.2) is 12.2 Å². The molecule has 0 fully saturated rings. The standard InChI is InChI=1S/C77H132O17P2/c1-5-9-13-17-21-25-29-32-33-34-35-36-37-40-43-46-50-54-58-62-75(80)88-67-72(93-76(81)63-59-55-51-47-41-28-24-20-16-12-8-4)69-91-95(83,84)89-65-71(78)66-90-96(85,86)92-70-73(94-77(82)64-60-56-52-48-44-39-31-27-23-19-15-11-7-3)68-87-74(79)61-57-53-49-45-42-38-30-26-22-18-14-10-6-2/h9,13-14,18,20-21,24-26,30,32-33,35-36,40,43,50,54,71-73,78H,5-8,10-12,15-17,19,22-23,27-29,31,34,37-39,41-42,44-49,51-53,55-70H2,1-4H3,(H,83,84)(H,85,86)/b13-9-,18-14-,24-20-,25-21-,30-26-,33-32-,36-35-,43-40-,54-50-. The molecule has 0 aliphatic carbocycles. The third-order valence-electron chi connectivity index (χ3n) is 15.2. The smallest absolute Gasteiger partial charge is 0.462 e. The number of hydrogen-bond donors (Lipinski definition) is 3. The number of allylic oxidation sites excluding steroid dienone is 18. The van der Waals surface area contributed by atoms with Gasteiger partial charge in [-0.05, 0) is 109 Å². The first kappa shape index (κ1) is 91.7. The Balaban J connectivity index is 5.37. The second-order valence-corrected chi connectivity index (χ2v) is 27.4. The molecule has 0 aromatic heterocycles. The molecule has 19 heteroatoms. The number of carbonyl (C=O) groups excluding carboxylic acids is 4. The molecule has 0 radical (unpaired) electrons. The predicted octanol–water partition coefficient (Wildman–Crippen LogP) is 21.0. The van der Waals surface area contributed by atoms with E-state index >= 15 is 0 Å². The third kappa shape index (κ3) is 68.3. The van der Waals surface area contributed by atoms with Gasteiger partial charge < -0.3 is 33.8 Å². The van der Waals surface area contributed by atoms with Gasteiger partial charge in [-0.15, -0.1) is 0 Å². The van der Waals surface area contributed by atoms with Crippen LogP contribution in [0.5, 0.6) is 0 Å². The number of hydrogen-bond acceptors (Lipinski definition) is 15. The fraction of sp³-hybridized carbons (Fsp3) is 0.714. The average Bonchev–Trinajstić information content (AvgIpc) is 1.11. The molecule has 552 valence electrons. The zero-order chi connectivity index (χ0) is 70.4. The van der Waals surface area contributed by atoms with Crippen LogP contribution in [0.3, 0.4) is 0 Å². The lowest BCUT2D eigenvalue weighted by Crippen LogP contribution is -2.30. The molecule has 0 aromatic rings. The molecule has 96 heavy (non-hydrogen) atoms. The Kier molecular flexibility index (Phi) is 66.1. The minimum atomic E-state index is -4.99. The van der Waals surface area contributed by atoms with Crippen molar-refractivity contribution >= 4 is 39.5 Å². The molecular weight excluding hydrogens is 1260 g/mol.